The third-order valence-corrected chi connectivity index (χ3v) is 11.6. The number of carbonyl (C=O) groups excluding carboxylic acids is 1. The molecule has 214 valence electrons. The standard InChI is InChI=1S/C17H14BrN3OS2.C15H14O2S/c1-17(15(22)20-16-21-19-9-23-16)8-12-11(7-13(18)24-12)14(17)10-5-3-2-4-6-10;1-15(14(16)17)9-12-11(7-8-18-12)13(15)10-5-3-2-4-6-10/h2-7,9,14H,8H2,1H3,(H,20,21,22);2-8,13H,9H2,1H3,(H,16,17)/t14-,17+;13-,15+/m11/s1. The Labute approximate surface area is 264 Å². The first-order chi connectivity index (χ1) is 20.2. The molecule has 0 unspecified atom stereocenters. The van der Waals surface area contributed by atoms with Crippen LogP contribution >= 0.6 is 49.9 Å². The van der Waals surface area contributed by atoms with Crippen LogP contribution in [0.5, 0.6) is 0 Å². The zero-order valence-electron chi connectivity index (χ0n) is 22.9. The van der Waals surface area contributed by atoms with Crippen LogP contribution in [0.25, 0.3) is 0 Å². The molecular formula is C32H28BrN3O3S3. The second-order valence-corrected chi connectivity index (χ2v) is 15.5. The smallest absolute Gasteiger partial charge is 0.310 e. The topological polar surface area (TPSA) is 92.2 Å². The Balaban J connectivity index is 0.000000157. The summed E-state index contributed by atoms with van der Waals surface area (Å²) in [7, 11) is 0. The molecule has 5 aromatic rings. The van der Waals surface area contributed by atoms with Gasteiger partial charge < -0.3 is 10.4 Å². The zero-order valence-corrected chi connectivity index (χ0v) is 26.9. The van der Waals surface area contributed by atoms with Crippen LogP contribution in [0, 0.1) is 10.8 Å². The fourth-order valence-electron chi connectivity index (χ4n) is 6.36. The van der Waals surface area contributed by atoms with Crippen molar-refractivity contribution >= 4 is 66.9 Å². The number of nitrogens with one attached hydrogen (secondary N) is 1. The summed E-state index contributed by atoms with van der Waals surface area (Å²) in [6, 6.07) is 24.4. The third kappa shape index (κ3) is 5.15. The number of hydrogen-bond acceptors (Lipinski definition) is 7. The molecule has 2 N–H and O–H groups in total. The minimum absolute atomic E-state index is 0.00683. The van der Waals surface area contributed by atoms with E-state index in [4.69, 9.17) is 0 Å². The van der Waals surface area contributed by atoms with E-state index >= 15 is 0 Å². The van der Waals surface area contributed by atoms with E-state index in [1.165, 1.54) is 32.2 Å². The highest BCUT2D eigenvalue weighted by atomic mass is 79.9. The predicted molar refractivity (Wildman–Crippen MR) is 173 cm³/mol. The van der Waals surface area contributed by atoms with Gasteiger partial charge in [0.15, 0.2) is 0 Å². The Kier molecular flexibility index (Phi) is 7.91. The molecule has 0 fully saturated rings. The van der Waals surface area contributed by atoms with Crippen molar-refractivity contribution < 1.29 is 14.7 Å². The van der Waals surface area contributed by atoms with Crippen LogP contribution in [0.15, 0.2) is 87.5 Å². The van der Waals surface area contributed by atoms with Crippen LogP contribution in [0.2, 0.25) is 0 Å². The van der Waals surface area contributed by atoms with Gasteiger partial charge in [0.05, 0.1) is 14.6 Å². The summed E-state index contributed by atoms with van der Waals surface area (Å²) >= 11 is 8.30. The lowest BCUT2D eigenvalue weighted by Crippen LogP contribution is -2.37. The summed E-state index contributed by atoms with van der Waals surface area (Å²) in [5.41, 5.74) is 5.05. The van der Waals surface area contributed by atoms with Crippen LogP contribution in [0.3, 0.4) is 0 Å². The second-order valence-electron chi connectivity index (χ2n) is 11.1. The molecule has 0 saturated carbocycles. The van der Waals surface area contributed by atoms with Crippen molar-refractivity contribution in [2.75, 3.05) is 5.32 Å². The molecule has 1 amide bonds. The molecular weight excluding hydrogens is 650 g/mol. The number of amides is 1. The fourth-order valence-corrected chi connectivity index (χ4v) is 9.81. The molecule has 7 rings (SSSR count). The maximum Gasteiger partial charge on any atom is 0.310 e. The van der Waals surface area contributed by atoms with Crippen LogP contribution < -0.4 is 5.32 Å². The van der Waals surface area contributed by atoms with Gasteiger partial charge in [-0.3, -0.25) is 9.59 Å². The number of anilines is 1. The Bertz CT molecular complexity index is 1720. The minimum atomic E-state index is -0.718. The number of fused-ring (bicyclic) bond motifs is 2. The third-order valence-electron chi connectivity index (χ3n) is 8.40. The molecule has 0 saturated heterocycles. The fraction of sp³-hybridized carbons (Fsp3) is 0.250. The quantitative estimate of drug-likeness (QED) is 0.196. The van der Waals surface area contributed by atoms with Crippen LogP contribution in [0.1, 0.15) is 57.7 Å². The average molecular weight is 679 g/mol. The Morgan fingerprint density at radius 3 is 2.10 bits per heavy atom. The zero-order chi connectivity index (χ0) is 29.5. The summed E-state index contributed by atoms with van der Waals surface area (Å²) < 4.78 is 1.11. The molecule has 3 heterocycles. The van der Waals surface area contributed by atoms with Gasteiger partial charge in [0, 0.05) is 21.6 Å². The lowest BCUT2D eigenvalue weighted by Gasteiger charge is -2.30. The van der Waals surface area contributed by atoms with Crippen molar-refractivity contribution in [3.63, 3.8) is 0 Å². The van der Waals surface area contributed by atoms with Gasteiger partial charge in [-0.15, -0.1) is 32.9 Å². The Morgan fingerprint density at radius 1 is 0.881 bits per heavy atom. The number of carbonyl (C=O) groups is 2. The number of thiophene rings is 2. The molecule has 0 spiro atoms. The van der Waals surface area contributed by atoms with Crippen LogP contribution in [-0.2, 0) is 22.4 Å². The summed E-state index contributed by atoms with van der Waals surface area (Å²) in [4.78, 5) is 27.3. The van der Waals surface area contributed by atoms with E-state index < -0.39 is 16.8 Å². The Hall–Kier alpha value is -3.18. The molecule has 2 aliphatic carbocycles. The summed E-state index contributed by atoms with van der Waals surface area (Å²) in [5.74, 6) is -0.714. The highest BCUT2D eigenvalue weighted by molar-refractivity contribution is 9.11. The van der Waals surface area contributed by atoms with E-state index in [0.29, 0.717) is 11.6 Å². The maximum atomic E-state index is 13.1. The normalized spacial score (nSPS) is 23.9. The number of halogens is 1. The second kappa shape index (κ2) is 11.5. The van der Waals surface area contributed by atoms with Crippen molar-refractivity contribution in [2.45, 2.75) is 38.5 Å². The van der Waals surface area contributed by atoms with E-state index in [9.17, 15) is 14.7 Å². The lowest BCUT2D eigenvalue weighted by molar-refractivity contribution is -0.148. The molecule has 2 aromatic carbocycles. The monoisotopic (exact) mass is 677 g/mol. The first kappa shape index (κ1) is 28.9. The molecule has 0 bridgehead atoms. The number of benzene rings is 2. The molecule has 2 aliphatic rings. The van der Waals surface area contributed by atoms with Crippen molar-refractivity contribution in [3.8, 4) is 0 Å². The van der Waals surface area contributed by atoms with Crippen molar-refractivity contribution in [2.24, 2.45) is 10.8 Å². The predicted octanol–water partition coefficient (Wildman–Crippen LogP) is 8.22. The number of rotatable bonds is 5. The number of carboxylic acid groups (broad SMARTS) is 1. The van der Waals surface area contributed by atoms with Gasteiger partial charge in [0.1, 0.15) is 5.51 Å². The van der Waals surface area contributed by atoms with E-state index in [0.717, 1.165) is 21.3 Å². The van der Waals surface area contributed by atoms with Crippen LogP contribution in [-0.4, -0.2) is 27.2 Å². The van der Waals surface area contributed by atoms with Crippen LogP contribution in [0.4, 0.5) is 5.13 Å². The molecule has 4 atom stereocenters. The van der Waals surface area contributed by atoms with E-state index in [1.54, 1.807) is 28.2 Å². The number of aliphatic carboxylic acids is 1. The molecule has 10 heteroatoms. The highest BCUT2D eigenvalue weighted by Gasteiger charge is 2.50. The van der Waals surface area contributed by atoms with Gasteiger partial charge in [0.25, 0.3) is 0 Å². The molecule has 6 nitrogen and oxygen atoms in total. The van der Waals surface area contributed by atoms with Gasteiger partial charge in [-0.1, -0.05) is 72.0 Å². The summed E-state index contributed by atoms with van der Waals surface area (Å²) in [5, 5.41) is 22.9. The first-order valence-corrected chi connectivity index (χ1v) is 16.8. The maximum absolute atomic E-state index is 13.1. The van der Waals surface area contributed by atoms with E-state index in [-0.39, 0.29) is 17.7 Å². The Morgan fingerprint density at radius 2 is 1.50 bits per heavy atom. The molecule has 0 aliphatic heterocycles. The first-order valence-electron chi connectivity index (χ1n) is 13.5. The lowest BCUT2D eigenvalue weighted by atomic mass is 9.73. The summed E-state index contributed by atoms with van der Waals surface area (Å²) in [6.45, 7) is 3.90. The number of aromatic nitrogens is 2. The molecule has 0 radical (unpaired) electrons. The minimum Gasteiger partial charge on any atom is -0.481 e. The number of hydrogen-bond donors (Lipinski definition) is 2. The van der Waals surface area contributed by atoms with Gasteiger partial charge in [0.2, 0.25) is 11.0 Å². The van der Waals surface area contributed by atoms with Gasteiger partial charge in [-0.05, 0) is 82.4 Å². The van der Waals surface area contributed by atoms with Gasteiger partial charge in [-0.2, -0.15) is 0 Å². The largest absolute Gasteiger partial charge is 0.481 e. The van der Waals surface area contributed by atoms with Crippen molar-refractivity contribution in [1.29, 1.82) is 0 Å². The van der Waals surface area contributed by atoms with Crippen molar-refractivity contribution in [1.82, 2.24) is 10.2 Å². The van der Waals surface area contributed by atoms with E-state index in [2.05, 4.69) is 61.1 Å². The number of nitrogens with zero attached hydrogens (tertiary/aromatic N) is 2. The van der Waals surface area contributed by atoms with Gasteiger partial charge in [-0.25, -0.2) is 0 Å². The average Bonchev–Trinajstić information content (AvgIpc) is 3.79. The molecule has 3 aromatic heterocycles. The summed E-state index contributed by atoms with van der Waals surface area (Å²) in [6.07, 6.45) is 1.36. The SMILES string of the molecule is C[C@]1(C(=O)Nc2nncs2)Cc2sc(Br)cc2[C@H]1c1ccccc1.C[C@]1(C(=O)O)Cc2sccc2[C@H]1c1ccccc1. The highest BCUT2D eigenvalue weighted by Crippen LogP contribution is 2.55. The van der Waals surface area contributed by atoms with Gasteiger partial charge >= 0.3 is 5.97 Å². The number of carboxylic acids is 1. The molecule has 42 heavy (non-hydrogen) atoms. The van der Waals surface area contributed by atoms with Crippen molar-refractivity contribution in [3.05, 3.63) is 119 Å². The van der Waals surface area contributed by atoms with E-state index in [1.807, 2.05) is 62.4 Å².